The number of carbonyl (C=O) groups is 1. The van der Waals surface area contributed by atoms with Gasteiger partial charge in [0.1, 0.15) is 11.0 Å². The molecule has 2 aromatic carbocycles. The van der Waals surface area contributed by atoms with E-state index >= 15 is 0 Å². The number of fused-ring (bicyclic) bond motifs is 1. The summed E-state index contributed by atoms with van der Waals surface area (Å²) in [6, 6.07) is 13.2. The fraction of sp³-hybridized carbons (Fsp3) is 0.167. The maximum absolute atomic E-state index is 12.8. The highest BCUT2D eigenvalue weighted by atomic mass is 32.1. The molecule has 26 heavy (non-hydrogen) atoms. The van der Waals surface area contributed by atoms with Gasteiger partial charge in [-0.15, -0.1) is 0 Å². The predicted molar refractivity (Wildman–Crippen MR) is 97.7 cm³/mol. The molecule has 1 amide bonds. The number of hydrogen-bond donors (Lipinski definition) is 0. The first-order valence-corrected chi connectivity index (χ1v) is 8.71. The fourth-order valence-electron chi connectivity index (χ4n) is 2.76. The van der Waals surface area contributed by atoms with Crippen molar-refractivity contribution in [2.24, 2.45) is 0 Å². The summed E-state index contributed by atoms with van der Waals surface area (Å²) in [6.07, 6.45) is 0. The van der Waals surface area contributed by atoms with Crippen molar-refractivity contribution in [3.05, 3.63) is 59.5 Å². The van der Waals surface area contributed by atoms with E-state index in [0.717, 1.165) is 28.4 Å². The van der Waals surface area contributed by atoms with Gasteiger partial charge in [0.05, 0.1) is 17.3 Å². The maximum Gasteiger partial charge on any atom is 0.256 e. The third-order valence-corrected chi connectivity index (χ3v) is 4.54. The van der Waals surface area contributed by atoms with Crippen molar-refractivity contribution in [2.45, 2.75) is 13.5 Å². The summed E-state index contributed by atoms with van der Waals surface area (Å²) in [6.45, 7) is 2.21. The van der Waals surface area contributed by atoms with Gasteiger partial charge in [-0.2, -0.15) is 13.7 Å². The van der Waals surface area contributed by atoms with E-state index in [1.165, 1.54) is 0 Å². The highest BCUT2D eigenvalue weighted by Gasteiger charge is 2.17. The summed E-state index contributed by atoms with van der Waals surface area (Å²) in [5.74, 6) is 0.961. The smallest absolute Gasteiger partial charge is 0.256 e. The summed E-state index contributed by atoms with van der Waals surface area (Å²) < 4.78 is 13.5. The molecule has 8 heteroatoms. The van der Waals surface area contributed by atoms with E-state index in [1.807, 2.05) is 36.4 Å². The molecule has 0 aliphatic carbocycles. The molecule has 0 radical (unpaired) electrons. The van der Waals surface area contributed by atoms with Gasteiger partial charge in [-0.1, -0.05) is 29.4 Å². The van der Waals surface area contributed by atoms with Crippen molar-refractivity contribution in [1.29, 1.82) is 0 Å². The van der Waals surface area contributed by atoms with Crippen LogP contribution in [0.4, 0.5) is 0 Å². The molecule has 0 N–H and O–H groups in total. The molecular formula is C18H15N5O2S. The third-order valence-electron chi connectivity index (χ3n) is 4.00. The summed E-state index contributed by atoms with van der Waals surface area (Å²) in [5.41, 5.74) is 3.77. The normalized spacial score (nSPS) is 11.0. The van der Waals surface area contributed by atoms with Crippen LogP contribution in [0.25, 0.3) is 22.4 Å². The molecule has 130 valence electrons. The van der Waals surface area contributed by atoms with Gasteiger partial charge in [0.2, 0.25) is 11.7 Å². The molecule has 0 saturated heterocycles. The Labute approximate surface area is 153 Å². The number of hydrogen-bond acceptors (Lipinski definition) is 7. The molecule has 2 heterocycles. The second-order valence-corrected chi connectivity index (χ2v) is 6.46. The molecular weight excluding hydrogens is 350 g/mol. The van der Waals surface area contributed by atoms with Crippen molar-refractivity contribution >= 4 is 28.7 Å². The Hall–Kier alpha value is -3.13. The van der Waals surface area contributed by atoms with E-state index in [9.17, 15) is 4.79 Å². The van der Waals surface area contributed by atoms with Crippen LogP contribution in [0.5, 0.6) is 0 Å². The molecule has 0 unspecified atom stereocenters. The quantitative estimate of drug-likeness (QED) is 0.551. The topological polar surface area (TPSA) is 85.0 Å². The molecule has 0 bridgehead atoms. The Bertz CT molecular complexity index is 1090. The first-order chi connectivity index (χ1) is 12.6. The summed E-state index contributed by atoms with van der Waals surface area (Å²) in [4.78, 5) is 18.7. The average Bonchev–Trinajstić information content (AvgIpc) is 3.29. The molecule has 0 aliphatic heterocycles. The van der Waals surface area contributed by atoms with Gasteiger partial charge in [-0.3, -0.25) is 4.79 Å². The molecule has 7 nitrogen and oxygen atoms in total. The van der Waals surface area contributed by atoms with Gasteiger partial charge in [-0.05, 0) is 23.8 Å². The SMILES string of the molecule is Cc1nc(-c2cccc(CN(C)C(=O)c3cccc4nsnc34)c2)no1. The predicted octanol–water partition coefficient (Wildman–Crippen LogP) is 3.32. The molecule has 2 aromatic heterocycles. The van der Waals surface area contributed by atoms with Gasteiger partial charge in [0, 0.05) is 26.1 Å². The lowest BCUT2D eigenvalue weighted by atomic mass is 10.1. The van der Waals surface area contributed by atoms with Gasteiger partial charge in [0.25, 0.3) is 5.91 Å². The molecule has 0 aliphatic rings. The molecule has 4 aromatic rings. The van der Waals surface area contributed by atoms with Crippen LogP contribution in [-0.4, -0.2) is 36.7 Å². The molecule has 0 atom stereocenters. The Morgan fingerprint density at radius 2 is 2.04 bits per heavy atom. The van der Waals surface area contributed by atoms with Gasteiger partial charge in [-0.25, -0.2) is 0 Å². The Balaban J connectivity index is 1.57. The van der Waals surface area contributed by atoms with Crippen LogP contribution >= 0.6 is 11.7 Å². The second-order valence-electron chi connectivity index (χ2n) is 5.94. The molecule has 0 saturated carbocycles. The monoisotopic (exact) mass is 365 g/mol. The standard InChI is InChI=1S/C18H15N5O2S/c1-11-19-17(20-25-11)13-6-3-5-12(9-13)10-23(2)18(24)14-7-4-8-15-16(14)22-26-21-15/h3-9H,10H2,1-2H3. The summed E-state index contributed by atoms with van der Waals surface area (Å²) in [7, 11) is 1.77. The number of amides is 1. The van der Waals surface area contributed by atoms with Gasteiger partial charge in [0.15, 0.2) is 0 Å². The first kappa shape index (κ1) is 16.3. The van der Waals surface area contributed by atoms with E-state index < -0.39 is 0 Å². The second kappa shape index (κ2) is 6.64. The zero-order valence-electron chi connectivity index (χ0n) is 14.2. The number of carbonyl (C=O) groups excluding carboxylic acids is 1. The van der Waals surface area contributed by atoms with Crippen molar-refractivity contribution in [3.63, 3.8) is 0 Å². The van der Waals surface area contributed by atoms with E-state index in [-0.39, 0.29) is 5.91 Å². The van der Waals surface area contributed by atoms with Crippen molar-refractivity contribution in [3.8, 4) is 11.4 Å². The Morgan fingerprint density at radius 1 is 1.19 bits per heavy atom. The largest absolute Gasteiger partial charge is 0.339 e. The highest BCUT2D eigenvalue weighted by molar-refractivity contribution is 7.00. The van der Waals surface area contributed by atoms with Crippen molar-refractivity contribution in [1.82, 2.24) is 23.8 Å². The molecule has 0 fully saturated rings. The van der Waals surface area contributed by atoms with Crippen LogP contribution < -0.4 is 0 Å². The number of rotatable bonds is 4. The van der Waals surface area contributed by atoms with Crippen LogP contribution in [0.3, 0.4) is 0 Å². The molecule has 4 rings (SSSR count). The van der Waals surface area contributed by atoms with Gasteiger partial charge >= 0.3 is 0 Å². The number of aromatic nitrogens is 4. The average molecular weight is 365 g/mol. The maximum atomic E-state index is 12.8. The van der Waals surface area contributed by atoms with E-state index in [2.05, 4.69) is 18.9 Å². The minimum Gasteiger partial charge on any atom is -0.339 e. The Morgan fingerprint density at radius 3 is 2.85 bits per heavy atom. The van der Waals surface area contributed by atoms with Crippen LogP contribution in [0.1, 0.15) is 21.8 Å². The highest BCUT2D eigenvalue weighted by Crippen LogP contribution is 2.21. The minimum atomic E-state index is -0.0934. The number of benzene rings is 2. The van der Waals surface area contributed by atoms with Gasteiger partial charge < -0.3 is 9.42 Å². The van der Waals surface area contributed by atoms with Crippen LogP contribution in [-0.2, 0) is 6.54 Å². The number of aryl methyl sites for hydroxylation is 1. The zero-order chi connectivity index (χ0) is 18.1. The van der Waals surface area contributed by atoms with E-state index in [1.54, 1.807) is 24.9 Å². The van der Waals surface area contributed by atoms with Crippen molar-refractivity contribution in [2.75, 3.05) is 7.05 Å². The summed E-state index contributed by atoms with van der Waals surface area (Å²) >= 11 is 1.11. The molecule has 0 spiro atoms. The lowest BCUT2D eigenvalue weighted by Gasteiger charge is -2.17. The Kier molecular flexibility index (Phi) is 4.18. The van der Waals surface area contributed by atoms with E-state index in [0.29, 0.717) is 29.3 Å². The minimum absolute atomic E-state index is 0.0934. The first-order valence-electron chi connectivity index (χ1n) is 7.98. The lowest BCUT2D eigenvalue weighted by Crippen LogP contribution is -2.26. The fourth-order valence-corrected chi connectivity index (χ4v) is 3.30. The van der Waals surface area contributed by atoms with Crippen LogP contribution in [0, 0.1) is 6.92 Å². The third kappa shape index (κ3) is 3.06. The number of nitrogens with zero attached hydrogens (tertiary/aromatic N) is 5. The lowest BCUT2D eigenvalue weighted by molar-refractivity contribution is 0.0787. The van der Waals surface area contributed by atoms with Crippen LogP contribution in [0.15, 0.2) is 47.0 Å². The summed E-state index contributed by atoms with van der Waals surface area (Å²) in [5, 5.41) is 3.94. The zero-order valence-corrected chi connectivity index (χ0v) is 15.0. The van der Waals surface area contributed by atoms with Crippen molar-refractivity contribution < 1.29 is 9.32 Å². The van der Waals surface area contributed by atoms with Crippen LogP contribution in [0.2, 0.25) is 0 Å². The van der Waals surface area contributed by atoms with E-state index in [4.69, 9.17) is 4.52 Å².